The van der Waals surface area contributed by atoms with Crippen molar-refractivity contribution in [3.63, 3.8) is 0 Å². The van der Waals surface area contributed by atoms with E-state index in [9.17, 15) is 4.79 Å². The van der Waals surface area contributed by atoms with Crippen molar-refractivity contribution < 1.29 is 0 Å². The minimum atomic E-state index is -0.279. The zero-order valence-electron chi connectivity index (χ0n) is 12.0. The molecule has 1 atom stereocenters. The zero-order valence-corrected chi connectivity index (χ0v) is 12.0. The summed E-state index contributed by atoms with van der Waals surface area (Å²) in [5, 5.41) is 14.4. The van der Waals surface area contributed by atoms with Gasteiger partial charge in [-0.1, -0.05) is 6.42 Å². The van der Waals surface area contributed by atoms with Crippen molar-refractivity contribution in [2.75, 3.05) is 18.0 Å². The van der Waals surface area contributed by atoms with Gasteiger partial charge in [-0.3, -0.25) is 0 Å². The summed E-state index contributed by atoms with van der Waals surface area (Å²) in [4.78, 5) is 14.0. The second-order valence-electron chi connectivity index (χ2n) is 6.02. The second kappa shape index (κ2) is 5.14. The predicted molar refractivity (Wildman–Crippen MR) is 79.6 cm³/mol. The molecule has 0 bridgehead atoms. The highest BCUT2D eigenvalue weighted by atomic mass is 16.2. The third-order valence-corrected chi connectivity index (χ3v) is 4.37. The quantitative estimate of drug-likeness (QED) is 0.858. The van der Waals surface area contributed by atoms with Gasteiger partial charge in [-0.15, -0.1) is 5.10 Å². The van der Waals surface area contributed by atoms with Gasteiger partial charge in [-0.2, -0.15) is 9.61 Å². The molecule has 112 valence electrons. The van der Waals surface area contributed by atoms with Crippen LogP contribution in [-0.2, 0) is 0 Å². The third kappa shape index (κ3) is 2.53. The van der Waals surface area contributed by atoms with Crippen LogP contribution in [0.3, 0.4) is 0 Å². The predicted octanol–water partition coefficient (Wildman–Crippen LogP) is 0.528. The molecule has 2 aliphatic rings. The molecule has 2 N–H and O–H groups in total. The fraction of sp³-hybridized carbons (Fsp3) is 0.643. The van der Waals surface area contributed by atoms with Crippen molar-refractivity contribution in [2.45, 2.75) is 44.2 Å². The van der Waals surface area contributed by atoms with E-state index >= 15 is 0 Å². The van der Waals surface area contributed by atoms with Gasteiger partial charge in [0.15, 0.2) is 5.65 Å². The normalized spacial score (nSPS) is 22.6. The van der Waals surface area contributed by atoms with Gasteiger partial charge in [0.05, 0.1) is 0 Å². The number of aromatic nitrogens is 4. The van der Waals surface area contributed by atoms with Crippen molar-refractivity contribution in [1.82, 2.24) is 25.1 Å². The summed E-state index contributed by atoms with van der Waals surface area (Å²) in [6.07, 6.45) is 6.22. The van der Waals surface area contributed by atoms with Crippen LogP contribution in [0, 0.1) is 0 Å². The minimum Gasteiger partial charge on any atom is -0.351 e. The molecule has 7 heteroatoms. The molecule has 1 saturated heterocycles. The largest absolute Gasteiger partial charge is 0.364 e. The molecule has 0 radical (unpaired) electrons. The Morgan fingerprint density at radius 2 is 2.19 bits per heavy atom. The Kier molecular flexibility index (Phi) is 3.14. The SMILES string of the molecule is O=c1[nH]nc2ccc(N(CC3CCCCN3)C3CC3)nn12. The first-order valence-electron chi connectivity index (χ1n) is 7.76. The number of hydrogen-bond donors (Lipinski definition) is 2. The number of piperidine rings is 1. The fourth-order valence-electron chi connectivity index (χ4n) is 3.08. The maximum atomic E-state index is 11.7. The third-order valence-electron chi connectivity index (χ3n) is 4.37. The lowest BCUT2D eigenvalue weighted by atomic mass is 10.0. The Balaban J connectivity index is 1.62. The Bertz CT molecular complexity index is 682. The number of nitrogens with zero attached hydrogens (tertiary/aromatic N) is 4. The van der Waals surface area contributed by atoms with E-state index in [-0.39, 0.29) is 5.69 Å². The van der Waals surface area contributed by atoms with Crippen LogP contribution in [0.1, 0.15) is 32.1 Å². The Labute approximate surface area is 122 Å². The Hall–Kier alpha value is -1.89. The van der Waals surface area contributed by atoms with Crippen LogP contribution in [-0.4, -0.2) is 45.0 Å². The van der Waals surface area contributed by atoms with E-state index in [1.54, 1.807) is 0 Å². The summed E-state index contributed by atoms with van der Waals surface area (Å²) >= 11 is 0. The number of anilines is 1. The van der Waals surface area contributed by atoms with Crippen LogP contribution in [0.25, 0.3) is 5.65 Å². The molecule has 1 unspecified atom stereocenters. The van der Waals surface area contributed by atoms with E-state index in [0.29, 0.717) is 17.7 Å². The average Bonchev–Trinajstić information content (AvgIpc) is 3.30. The molecule has 1 aliphatic heterocycles. The van der Waals surface area contributed by atoms with Crippen LogP contribution in [0.5, 0.6) is 0 Å². The molecule has 2 aromatic rings. The van der Waals surface area contributed by atoms with Gasteiger partial charge in [0.2, 0.25) is 0 Å². The second-order valence-corrected chi connectivity index (χ2v) is 6.02. The van der Waals surface area contributed by atoms with Crippen LogP contribution in [0.15, 0.2) is 16.9 Å². The van der Waals surface area contributed by atoms with E-state index in [0.717, 1.165) is 18.9 Å². The van der Waals surface area contributed by atoms with E-state index in [4.69, 9.17) is 0 Å². The van der Waals surface area contributed by atoms with Crippen molar-refractivity contribution in [3.8, 4) is 0 Å². The summed E-state index contributed by atoms with van der Waals surface area (Å²) in [7, 11) is 0. The van der Waals surface area contributed by atoms with E-state index < -0.39 is 0 Å². The van der Waals surface area contributed by atoms with Gasteiger partial charge < -0.3 is 10.2 Å². The molecule has 0 amide bonds. The highest BCUT2D eigenvalue weighted by Crippen LogP contribution is 2.31. The Morgan fingerprint density at radius 1 is 1.29 bits per heavy atom. The molecule has 0 aromatic carbocycles. The van der Waals surface area contributed by atoms with Gasteiger partial charge >= 0.3 is 5.69 Å². The number of nitrogens with one attached hydrogen (secondary N) is 2. The Morgan fingerprint density at radius 3 is 2.95 bits per heavy atom. The monoisotopic (exact) mass is 288 g/mol. The lowest BCUT2D eigenvalue weighted by Crippen LogP contribution is -2.45. The first kappa shape index (κ1) is 12.8. The number of H-pyrrole nitrogens is 1. The molecule has 0 spiro atoms. The lowest BCUT2D eigenvalue weighted by molar-refractivity contribution is 0.397. The fourth-order valence-corrected chi connectivity index (χ4v) is 3.08. The molecule has 3 heterocycles. The summed E-state index contributed by atoms with van der Waals surface area (Å²) in [5.41, 5.74) is 0.286. The van der Waals surface area contributed by atoms with Crippen LogP contribution in [0.2, 0.25) is 0 Å². The highest BCUT2D eigenvalue weighted by Gasteiger charge is 2.32. The first-order valence-corrected chi connectivity index (χ1v) is 7.76. The summed E-state index contributed by atoms with van der Waals surface area (Å²) in [6, 6.07) is 4.92. The molecule has 7 nitrogen and oxygen atoms in total. The van der Waals surface area contributed by atoms with E-state index in [1.807, 2.05) is 12.1 Å². The number of hydrogen-bond acceptors (Lipinski definition) is 5. The van der Waals surface area contributed by atoms with E-state index in [1.165, 1.54) is 36.6 Å². The molecule has 1 saturated carbocycles. The van der Waals surface area contributed by atoms with Crippen molar-refractivity contribution in [3.05, 3.63) is 22.6 Å². The van der Waals surface area contributed by atoms with Gasteiger partial charge in [0.1, 0.15) is 5.82 Å². The molecule has 4 rings (SSSR count). The van der Waals surface area contributed by atoms with Gasteiger partial charge in [0, 0.05) is 18.6 Å². The zero-order chi connectivity index (χ0) is 14.2. The van der Waals surface area contributed by atoms with Gasteiger partial charge in [0.25, 0.3) is 0 Å². The van der Waals surface area contributed by atoms with E-state index in [2.05, 4.69) is 25.5 Å². The molecule has 2 aromatic heterocycles. The summed E-state index contributed by atoms with van der Waals surface area (Å²) < 4.78 is 1.35. The first-order chi connectivity index (χ1) is 10.3. The van der Waals surface area contributed by atoms with Crippen LogP contribution >= 0.6 is 0 Å². The average molecular weight is 288 g/mol. The van der Waals surface area contributed by atoms with Gasteiger partial charge in [-0.05, 0) is 44.4 Å². The number of aromatic amines is 1. The standard InChI is InChI=1S/C14H20N6O/c21-14-17-16-12-6-7-13(18-20(12)14)19(11-4-5-11)9-10-3-1-2-8-15-10/h6-7,10-11,15H,1-5,8-9H2,(H,17,21). The molecule has 21 heavy (non-hydrogen) atoms. The smallest absolute Gasteiger partial charge is 0.351 e. The number of fused-ring (bicyclic) bond motifs is 1. The molecule has 2 fully saturated rings. The van der Waals surface area contributed by atoms with Crippen molar-refractivity contribution in [1.29, 1.82) is 0 Å². The van der Waals surface area contributed by atoms with Crippen LogP contribution < -0.4 is 15.9 Å². The highest BCUT2D eigenvalue weighted by molar-refractivity contribution is 5.46. The van der Waals surface area contributed by atoms with Crippen LogP contribution in [0.4, 0.5) is 5.82 Å². The minimum absolute atomic E-state index is 0.279. The van der Waals surface area contributed by atoms with Crippen molar-refractivity contribution in [2.24, 2.45) is 0 Å². The maximum Gasteiger partial charge on any atom is 0.364 e. The van der Waals surface area contributed by atoms with Crippen molar-refractivity contribution >= 4 is 11.5 Å². The maximum absolute atomic E-state index is 11.7. The molecular weight excluding hydrogens is 268 g/mol. The lowest BCUT2D eigenvalue weighted by Gasteiger charge is -2.31. The summed E-state index contributed by atoms with van der Waals surface area (Å²) in [6.45, 7) is 2.08. The van der Waals surface area contributed by atoms with Gasteiger partial charge in [-0.25, -0.2) is 9.89 Å². The molecule has 1 aliphatic carbocycles. The molecular formula is C14H20N6O. The topological polar surface area (TPSA) is 78.3 Å². The summed E-state index contributed by atoms with van der Waals surface area (Å²) in [5.74, 6) is 0.876. The number of rotatable bonds is 4.